The molecule has 0 aliphatic heterocycles. The minimum Gasteiger partial charge on any atom is -0.478 e. The molecule has 2 aromatic rings. The number of allylic oxidation sites excluding steroid dienone is 1. The lowest BCUT2D eigenvalue weighted by molar-refractivity contribution is -0.131. The highest BCUT2D eigenvalue weighted by molar-refractivity contribution is 7.10. The molecule has 4 heteroatoms. The van der Waals surface area contributed by atoms with E-state index in [2.05, 4.69) is 11.1 Å². The van der Waals surface area contributed by atoms with Crippen molar-refractivity contribution >= 4 is 17.3 Å². The average molecular weight is 259 g/mol. The lowest BCUT2D eigenvalue weighted by atomic mass is 10.1. The maximum atomic E-state index is 10.3. The number of hydrogen-bond donors (Lipinski definition) is 1. The zero-order chi connectivity index (χ0) is 13.0. The molecule has 1 heterocycles. The zero-order valence-corrected chi connectivity index (χ0v) is 10.8. The van der Waals surface area contributed by atoms with E-state index in [-0.39, 0.29) is 0 Å². The molecule has 2 rings (SSSR count). The smallest absolute Gasteiger partial charge is 0.327 e. The van der Waals surface area contributed by atoms with Crippen LogP contribution in [0.1, 0.15) is 10.6 Å². The monoisotopic (exact) mass is 259 g/mol. The van der Waals surface area contributed by atoms with Gasteiger partial charge in [-0.25, -0.2) is 9.78 Å². The number of carbonyl (C=O) groups is 1. The summed E-state index contributed by atoms with van der Waals surface area (Å²) in [6, 6.07) is 8.17. The first-order valence-corrected chi connectivity index (χ1v) is 6.44. The number of nitrogens with zero attached hydrogens (tertiary/aromatic N) is 1. The molecule has 0 unspecified atom stereocenters. The summed E-state index contributed by atoms with van der Waals surface area (Å²) in [7, 11) is 0. The van der Waals surface area contributed by atoms with E-state index in [0.29, 0.717) is 6.42 Å². The molecule has 0 bridgehead atoms. The molecular formula is C14H13NO2S. The van der Waals surface area contributed by atoms with Gasteiger partial charge in [0.2, 0.25) is 0 Å². The van der Waals surface area contributed by atoms with E-state index in [1.165, 1.54) is 5.56 Å². The lowest BCUT2D eigenvalue weighted by Crippen LogP contribution is -1.87. The second-order valence-corrected chi connectivity index (χ2v) is 4.88. The van der Waals surface area contributed by atoms with Crippen molar-refractivity contribution < 1.29 is 9.90 Å². The molecule has 0 saturated carbocycles. The predicted octanol–water partition coefficient (Wildman–Crippen LogP) is 3.30. The Bertz CT molecular complexity index is 587. The Morgan fingerprint density at radius 3 is 3.06 bits per heavy atom. The number of hydrogen-bond acceptors (Lipinski definition) is 3. The summed E-state index contributed by atoms with van der Waals surface area (Å²) in [6.07, 6.45) is 3.32. The molecule has 0 fully saturated rings. The Morgan fingerprint density at radius 1 is 1.50 bits per heavy atom. The number of aliphatic carboxylic acids is 1. The Kier molecular flexibility index (Phi) is 3.89. The fourth-order valence-electron chi connectivity index (χ4n) is 1.60. The van der Waals surface area contributed by atoms with Crippen LogP contribution in [-0.2, 0) is 11.2 Å². The molecule has 0 aliphatic carbocycles. The summed E-state index contributed by atoms with van der Waals surface area (Å²) in [5.41, 5.74) is 3.25. The normalized spacial score (nSPS) is 10.9. The van der Waals surface area contributed by atoms with Crippen LogP contribution < -0.4 is 0 Å². The minimum absolute atomic E-state index is 0.558. The largest absolute Gasteiger partial charge is 0.478 e. The van der Waals surface area contributed by atoms with Gasteiger partial charge < -0.3 is 5.11 Å². The molecule has 18 heavy (non-hydrogen) atoms. The molecule has 0 spiro atoms. The van der Waals surface area contributed by atoms with Gasteiger partial charge in [-0.15, -0.1) is 11.3 Å². The van der Waals surface area contributed by atoms with Crippen molar-refractivity contribution in [2.45, 2.75) is 13.3 Å². The van der Waals surface area contributed by atoms with Gasteiger partial charge in [0.05, 0.1) is 10.7 Å². The highest BCUT2D eigenvalue weighted by Crippen LogP contribution is 2.22. The summed E-state index contributed by atoms with van der Waals surface area (Å²) in [6.45, 7) is 2.05. The number of rotatable bonds is 4. The van der Waals surface area contributed by atoms with Gasteiger partial charge in [-0.3, -0.25) is 0 Å². The molecule has 0 aliphatic rings. The maximum absolute atomic E-state index is 10.3. The van der Waals surface area contributed by atoms with Crippen molar-refractivity contribution in [3.8, 4) is 11.3 Å². The van der Waals surface area contributed by atoms with Crippen LogP contribution in [0.3, 0.4) is 0 Å². The van der Waals surface area contributed by atoms with Crippen LogP contribution in [0.4, 0.5) is 0 Å². The molecule has 1 aromatic heterocycles. The third kappa shape index (κ3) is 3.28. The van der Waals surface area contributed by atoms with Crippen molar-refractivity contribution in [3.05, 3.63) is 52.4 Å². The lowest BCUT2D eigenvalue weighted by Gasteiger charge is -1.97. The maximum Gasteiger partial charge on any atom is 0.327 e. The Morgan fingerprint density at radius 2 is 2.33 bits per heavy atom. The van der Waals surface area contributed by atoms with Crippen LogP contribution in [0, 0.1) is 6.92 Å². The predicted molar refractivity (Wildman–Crippen MR) is 72.8 cm³/mol. The number of aromatic nitrogens is 1. The molecule has 0 saturated heterocycles. The van der Waals surface area contributed by atoms with Crippen LogP contribution >= 0.6 is 11.3 Å². The number of thiazole rings is 1. The van der Waals surface area contributed by atoms with Gasteiger partial charge >= 0.3 is 5.97 Å². The number of aryl methyl sites for hydroxylation is 1. The fraction of sp³-hybridized carbons (Fsp3) is 0.143. The van der Waals surface area contributed by atoms with Crippen LogP contribution in [0.2, 0.25) is 0 Å². The van der Waals surface area contributed by atoms with E-state index in [0.717, 1.165) is 22.3 Å². The molecular weight excluding hydrogens is 246 g/mol. The van der Waals surface area contributed by atoms with Crippen molar-refractivity contribution in [3.63, 3.8) is 0 Å². The third-order valence-corrected chi connectivity index (χ3v) is 3.29. The molecule has 92 valence electrons. The van der Waals surface area contributed by atoms with Crippen LogP contribution in [0.5, 0.6) is 0 Å². The second kappa shape index (κ2) is 5.60. The third-order valence-electron chi connectivity index (χ3n) is 2.42. The SMILES string of the molecule is Cc1cccc(-c2csc(C/C=C/C(=O)O)n2)c1. The first kappa shape index (κ1) is 12.5. The topological polar surface area (TPSA) is 50.2 Å². The van der Waals surface area contributed by atoms with Gasteiger partial charge in [0.25, 0.3) is 0 Å². The van der Waals surface area contributed by atoms with E-state index in [1.54, 1.807) is 17.4 Å². The van der Waals surface area contributed by atoms with Crippen LogP contribution in [0.15, 0.2) is 41.8 Å². The summed E-state index contributed by atoms with van der Waals surface area (Å²) in [5.74, 6) is -0.925. The Labute approximate surface area is 109 Å². The summed E-state index contributed by atoms with van der Waals surface area (Å²) in [4.78, 5) is 14.8. The van der Waals surface area contributed by atoms with Gasteiger partial charge in [0.15, 0.2) is 0 Å². The highest BCUT2D eigenvalue weighted by atomic mass is 32.1. The van der Waals surface area contributed by atoms with E-state index in [9.17, 15) is 4.79 Å². The number of carboxylic acids is 1. The number of carboxylic acid groups (broad SMARTS) is 1. The molecule has 1 aromatic carbocycles. The Hall–Kier alpha value is -1.94. The van der Waals surface area contributed by atoms with E-state index in [1.807, 2.05) is 30.5 Å². The van der Waals surface area contributed by atoms with Crippen molar-refractivity contribution in [2.75, 3.05) is 0 Å². The first-order valence-electron chi connectivity index (χ1n) is 5.56. The molecule has 0 radical (unpaired) electrons. The quantitative estimate of drug-likeness (QED) is 0.857. The standard InChI is InChI=1S/C14H13NO2S/c1-10-4-2-5-11(8-10)12-9-18-13(15-12)6-3-7-14(16)17/h2-5,7-9H,6H2,1H3,(H,16,17)/b7-3+. The van der Waals surface area contributed by atoms with E-state index in [4.69, 9.17) is 5.11 Å². The van der Waals surface area contributed by atoms with Crippen molar-refractivity contribution in [1.29, 1.82) is 0 Å². The minimum atomic E-state index is -0.925. The molecule has 1 N–H and O–H groups in total. The van der Waals surface area contributed by atoms with Crippen molar-refractivity contribution in [2.24, 2.45) is 0 Å². The average Bonchev–Trinajstić information content (AvgIpc) is 2.77. The van der Waals surface area contributed by atoms with Crippen LogP contribution in [-0.4, -0.2) is 16.1 Å². The Balaban J connectivity index is 2.13. The molecule has 3 nitrogen and oxygen atoms in total. The van der Waals surface area contributed by atoms with Gasteiger partial charge in [-0.2, -0.15) is 0 Å². The van der Waals surface area contributed by atoms with Crippen molar-refractivity contribution in [1.82, 2.24) is 4.98 Å². The van der Waals surface area contributed by atoms with Gasteiger partial charge in [-0.1, -0.05) is 29.8 Å². The summed E-state index contributed by atoms with van der Waals surface area (Å²) in [5, 5.41) is 11.4. The molecule has 0 amide bonds. The highest BCUT2D eigenvalue weighted by Gasteiger charge is 2.03. The van der Waals surface area contributed by atoms with Gasteiger partial charge in [0.1, 0.15) is 0 Å². The van der Waals surface area contributed by atoms with Gasteiger partial charge in [-0.05, 0) is 13.0 Å². The summed E-state index contributed by atoms with van der Waals surface area (Å²) >= 11 is 1.55. The summed E-state index contributed by atoms with van der Waals surface area (Å²) < 4.78 is 0. The second-order valence-electron chi connectivity index (χ2n) is 3.94. The van der Waals surface area contributed by atoms with Crippen LogP contribution in [0.25, 0.3) is 11.3 Å². The number of benzene rings is 1. The zero-order valence-electron chi connectivity index (χ0n) is 9.96. The van der Waals surface area contributed by atoms with E-state index < -0.39 is 5.97 Å². The molecule has 0 atom stereocenters. The fourth-order valence-corrected chi connectivity index (χ4v) is 2.38. The first-order chi connectivity index (χ1) is 8.65. The van der Waals surface area contributed by atoms with Gasteiger partial charge in [0, 0.05) is 23.4 Å². The van der Waals surface area contributed by atoms with E-state index >= 15 is 0 Å².